The summed E-state index contributed by atoms with van der Waals surface area (Å²) in [5, 5.41) is 16.2. The van der Waals surface area contributed by atoms with Gasteiger partial charge in [-0.15, -0.1) is 0 Å². The third-order valence-electron chi connectivity index (χ3n) is 15.3. The molecular weight excluding hydrogens is 943 g/mol. The fourth-order valence-electron chi connectivity index (χ4n) is 11.9. The van der Waals surface area contributed by atoms with Crippen molar-refractivity contribution in [3.63, 3.8) is 0 Å². The number of hydrogen-bond donors (Lipinski definition) is 3. The highest BCUT2D eigenvalue weighted by Crippen LogP contribution is 2.66. The molecule has 3 fully saturated rings. The van der Waals surface area contributed by atoms with E-state index in [1.807, 2.05) is 139 Å². The highest BCUT2D eigenvalue weighted by molar-refractivity contribution is 6.25. The van der Waals surface area contributed by atoms with Crippen molar-refractivity contribution in [2.75, 3.05) is 54.6 Å². The summed E-state index contributed by atoms with van der Waals surface area (Å²) in [6, 6.07) is 44.2. The molecule has 6 aromatic carbocycles. The standard InChI is InChI=1S/C62H59N5O8/c1-41(44-17-8-3-9-18-44)63-61(72)66-52-32-27-43(26-25-42-15-6-2-7-16-42)39-51(52)62(60(66)71)53(58(69)64-48-28-30-49(31-29-48)65-33-36-73-37-34-65)55-59(70)75-56(46-21-12-5-13-22-46)54(45-19-10-4-11-20-45)67(55)57(62)47-23-14-24-50(40-47)74-38-35-68/h3-5,8-15,17-24,27-32,39-41,53-57,68H,2,6-7,16,33-38H2,1H3,(H,63,72)(H,64,69). The lowest BCUT2D eigenvalue weighted by atomic mass is 9.65. The first-order valence-corrected chi connectivity index (χ1v) is 25.9. The molecule has 4 heterocycles. The number of cyclic esters (lactones) is 1. The molecule has 380 valence electrons. The van der Waals surface area contributed by atoms with Crippen LogP contribution in [-0.4, -0.2) is 79.4 Å². The van der Waals surface area contributed by atoms with Crippen LogP contribution in [-0.2, 0) is 29.3 Å². The van der Waals surface area contributed by atoms with Gasteiger partial charge in [-0.3, -0.25) is 19.3 Å². The molecule has 5 aliphatic rings. The molecule has 7 atom stereocenters. The molecule has 3 N–H and O–H groups in total. The van der Waals surface area contributed by atoms with Crippen LogP contribution in [0.4, 0.5) is 21.9 Å². The normalized spacial score (nSPS) is 23.5. The summed E-state index contributed by atoms with van der Waals surface area (Å²) in [4.78, 5) is 69.5. The van der Waals surface area contributed by atoms with Gasteiger partial charge in [-0.25, -0.2) is 9.69 Å². The van der Waals surface area contributed by atoms with Crippen molar-refractivity contribution < 1.29 is 38.5 Å². The molecule has 13 nitrogen and oxygen atoms in total. The Labute approximate surface area is 437 Å². The Morgan fingerprint density at radius 3 is 2.20 bits per heavy atom. The van der Waals surface area contributed by atoms with E-state index >= 15 is 19.2 Å². The van der Waals surface area contributed by atoms with Crippen LogP contribution in [0.2, 0.25) is 0 Å². The number of ether oxygens (including phenoxy) is 3. The van der Waals surface area contributed by atoms with E-state index in [0.717, 1.165) is 66.1 Å². The van der Waals surface area contributed by atoms with E-state index in [-0.39, 0.29) is 18.9 Å². The fraction of sp³-hybridized carbons (Fsp3) is 0.290. The minimum atomic E-state index is -2.03. The predicted molar refractivity (Wildman–Crippen MR) is 286 cm³/mol. The van der Waals surface area contributed by atoms with Crippen molar-refractivity contribution >= 4 is 40.9 Å². The molecule has 6 aromatic rings. The van der Waals surface area contributed by atoms with Crippen molar-refractivity contribution in [2.45, 2.75) is 68.3 Å². The molecule has 4 amide bonds. The number of benzene rings is 6. The number of hydrogen-bond acceptors (Lipinski definition) is 10. The second-order valence-corrected chi connectivity index (χ2v) is 19.7. The zero-order valence-corrected chi connectivity index (χ0v) is 41.8. The number of rotatable bonds is 11. The Kier molecular flexibility index (Phi) is 14.1. The zero-order valence-electron chi connectivity index (χ0n) is 41.8. The number of carbonyl (C=O) groups excluding carboxylic acids is 4. The number of imide groups is 1. The summed E-state index contributed by atoms with van der Waals surface area (Å²) >= 11 is 0. The lowest BCUT2D eigenvalue weighted by Gasteiger charge is -2.46. The number of anilines is 3. The number of esters is 1. The van der Waals surface area contributed by atoms with Crippen molar-refractivity contribution in [1.82, 2.24) is 10.2 Å². The maximum atomic E-state index is 16.9. The second-order valence-electron chi connectivity index (χ2n) is 19.7. The first kappa shape index (κ1) is 49.2. The summed E-state index contributed by atoms with van der Waals surface area (Å²) in [6.07, 6.45) is 5.17. The fourth-order valence-corrected chi connectivity index (χ4v) is 11.9. The topological polar surface area (TPSA) is 150 Å². The second kappa shape index (κ2) is 21.4. The van der Waals surface area contributed by atoms with Gasteiger partial charge in [-0.05, 0) is 121 Å². The number of morpholine rings is 2. The summed E-state index contributed by atoms with van der Waals surface area (Å²) in [5.74, 6) is 3.63. The zero-order chi connectivity index (χ0) is 51.5. The van der Waals surface area contributed by atoms with Crippen LogP contribution in [0.5, 0.6) is 5.75 Å². The highest BCUT2D eigenvalue weighted by Gasteiger charge is 2.75. The van der Waals surface area contributed by atoms with Gasteiger partial charge in [-0.1, -0.05) is 121 Å². The maximum absolute atomic E-state index is 16.9. The van der Waals surface area contributed by atoms with Gasteiger partial charge in [-0.2, -0.15) is 0 Å². The van der Waals surface area contributed by atoms with E-state index in [1.54, 1.807) is 30.3 Å². The van der Waals surface area contributed by atoms with Gasteiger partial charge in [0, 0.05) is 30.0 Å². The maximum Gasteiger partial charge on any atom is 0.329 e. The molecule has 1 aliphatic carbocycles. The largest absolute Gasteiger partial charge is 0.491 e. The Balaban J connectivity index is 1.17. The lowest BCUT2D eigenvalue weighted by Crippen LogP contribution is -2.55. The molecule has 13 heteroatoms. The molecule has 0 bridgehead atoms. The van der Waals surface area contributed by atoms with Crippen molar-refractivity contribution in [3.8, 4) is 17.6 Å². The van der Waals surface area contributed by atoms with Crippen molar-refractivity contribution in [3.05, 3.63) is 203 Å². The molecule has 0 saturated carbocycles. The number of allylic oxidation sites excluding steroid dienone is 2. The molecule has 11 rings (SSSR count). The molecule has 4 aliphatic heterocycles. The first-order valence-electron chi connectivity index (χ1n) is 25.9. The Morgan fingerprint density at radius 1 is 0.787 bits per heavy atom. The van der Waals surface area contributed by atoms with E-state index in [9.17, 15) is 5.11 Å². The minimum Gasteiger partial charge on any atom is -0.491 e. The summed E-state index contributed by atoms with van der Waals surface area (Å²) in [7, 11) is 0. The Bertz CT molecular complexity index is 3170. The summed E-state index contributed by atoms with van der Waals surface area (Å²) in [6.45, 7) is 4.23. The molecule has 0 radical (unpaired) electrons. The number of amides is 4. The summed E-state index contributed by atoms with van der Waals surface area (Å²) < 4.78 is 18.4. The van der Waals surface area contributed by atoms with Crippen molar-refractivity contribution in [2.24, 2.45) is 5.92 Å². The van der Waals surface area contributed by atoms with E-state index in [1.165, 1.54) is 0 Å². The van der Waals surface area contributed by atoms with Gasteiger partial charge in [0.1, 0.15) is 29.9 Å². The third kappa shape index (κ3) is 9.35. The number of carbonyl (C=O) groups is 4. The smallest absolute Gasteiger partial charge is 0.329 e. The number of aliphatic hydroxyl groups is 1. The van der Waals surface area contributed by atoms with Gasteiger partial charge >= 0.3 is 12.0 Å². The Morgan fingerprint density at radius 2 is 1.49 bits per heavy atom. The van der Waals surface area contributed by atoms with Crippen LogP contribution >= 0.6 is 0 Å². The lowest BCUT2D eigenvalue weighted by molar-refractivity contribution is -0.177. The van der Waals surface area contributed by atoms with Gasteiger partial charge in [0.2, 0.25) is 11.8 Å². The number of urea groups is 1. The number of aliphatic hydroxyl groups excluding tert-OH is 1. The Hall–Kier alpha value is -8.02. The first-order chi connectivity index (χ1) is 36.7. The van der Waals surface area contributed by atoms with E-state index < -0.39 is 65.4 Å². The van der Waals surface area contributed by atoms with Crippen LogP contribution in [0.25, 0.3) is 0 Å². The van der Waals surface area contributed by atoms with Gasteiger partial charge in [0.05, 0.1) is 49.6 Å². The monoisotopic (exact) mass is 1000 g/mol. The number of fused-ring (bicyclic) bond motifs is 3. The van der Waals surface area contributed by atoms with Crippen LogP contribution in [0.1, 0.15) is 90.2 Å². The quantitative estimate of drug-likeness (QED) is 0.0847. The van der Waals surface area contributed by atoms with Crippen LogP contribution < -0.4 is 25.2 Å². The SMILES string of the molecule is CC(NC(=O)N1C(=O)C2(c3cc(C#CC4=CCCCC4)ccc31)C(C(=O)Nc1ccc(N3CCOCC3)cc1)C1C(=O)OC(c3ccccc3)C(c3ccccc3)N1C2c1cccc(OCCO)c1)c1ccccc1. The van der Waals surface area contributed by atoms with E-state index in [4.69, 9.17) is 14.2 Å². The minimum absolute atomic E-state index is 0.0101. The van der Waals surface area contributed by atoms with Crippen LogP contribution in [0.3, 0.4) is 0 Å². The van der Waals surface area contributed by atoms with E-state index in [0.29, 0.717) is 46.9 Å². The summed E-state index contributed by atoms with van der Waals surface area (Å²) in [5.41, 5.74) is 4.43. The molecule has 3 saturated heterocycles. The number of nitrogens with one attached hydrogen (secondary N) is 2. The third-order valence-corrected chi connectivity index (χ3v) is 15.3. The van der Waals surface area contributed by atoms with Gasteiger partial charge in [0.25, 0.3) is 0 Å². The highest BCUT2D eigenvalue weighted by atomic mass is 16.6. The van der Waals surface area contributed by atoms with Gasteiger partial charge < -0.3 is 34.9 Å². The van der Waals surface area contributed by atoms with E-state index in [2.05, 4.69) is 33.5 Å². The predicted octanol–water partition coefficient (Wildman–Crippen LogP) is 9.52. The number of nitrogens with zero attached hydrogens (tertiary/aromatic N) is 3. The molecule has 75 heavy (non-hydrogen) atoms. The van der Waals surface area contributed by atoms with Gasteiger partial charge in [0.15, 0.2) is 0 Å². The molecular formula is C62H59N5O8. The average molecular weight is 1000 g/mol. The molecule has 0 aromatic heterocycles. The van der Waals surface area contributed by atoms with Crippen LogP contribution in [0, 0.1) is 17.8 Å². The molecule has 1 spiro atoms. The molecule has 7 unspecified atom stereocenters. The average Bonchev–Trinajstić information content (AvgIpc) is 3.92. The van der Waals surface area contributed by atoms with Crippen molar-refractivity contribution in [1.29, 1.82) is 0 Å². The van der Waals surface area contributed by atoms with Crippen LogP contribution in [0.15, 0.2) is 169 Å².